The zero-order valence-electron chi connectivity index (χ0n) is 18.8. The van der Waals surface area contributed by atoms with Crippen molar-refractivity contribution in [3.8, 4) is 0 Å². The lowest BCUT2D eigenvalue weighted by Gasteiger charge is -2.13. The normalized spacial score (nSPS) is 13.1. The van der Waals surface area contributed by atoms with E-state index < -0.39 is 11.8 Å². The molecule has 0 saturated carbocycles. The van der Waals surface area contributed by atoms with Gasteiger partial charge in [0.15, 0.2) is 0 Å². The van der Waals surface area contributed by atoms with Crippen LogP contribution in [0.25, 0.3) is 0 Å². The lowest BCUT2D eigenvalue weighted by atomic mass is 10.3. The van der Waals surface area contributed by atoms with E-state index in [4.69, 9.17) is 29.5 Å². The lowest BCUT2D eigenvalue weighted by molar-refractivity contribution is -0.137. The van der Waals surface area contributed by atoms with Crippen molar-refractivity contribution in [1.29, 1.82) is 0 Å². The third-order valence-corrected chi connectivity index (χ3v) is 4.15. The summed E-state index contributed by atoms with van der Waals surface area (Å²) < 4.78 is 26.6. The first-order chi connectivity index (χ1) is 16.0. The maximum atomic E-state index is 11.7. The Labute approximate surface area is 192 Å². The van der Waals surface area contributed by atoms with Crippen molar-refractivity contribution in [2.45, 2.75) is 12.8 Å². The first kappa shape index (κ1) is 28.6. The number of nitrogens with two attached hydrogens (primary N) is 1. The number of nitrogens with zero attached hydrogens (tertiary/aromatic N) is 1. The number of carbonyl (C=O) groups is 4. The average Bonchev–Trinajstić information content (AvgIpc) is 3.13. The summed E-state index contributed by atoms with van der Waals surface area (Å²) in [5, 5.41) is 2.66. The maximum absolute atomic E-state index is 11.7. The molecule has 1 aliphatic rings. The standard InChI is InChI=1S/C20H34N4O9/c21-23-18(26)4-7-29-9-11-31-13-15-33-16-14-32-12-10-30-8-5-22-17(25)3-6-24-19(27)1-2-20(24)28/h1-2H,3-16,21H2,(H,22,25)(H,23,26). The summed E-state index contributed by atoms with van der Waals surface area (Å²) in [6.45, 7) is 4.33. The second kappa shape index (κ2) is 19.1. The van der Waals surface area contributed by atoms with E-state index in [1.165, 1.54) is 12.2 Å². The lowest BCUT2D eigenvalue weighted by Crippen LogP contribution is -2.35. The summed E-state index contributed by atoms with van der Waals surface area (Å²) in [5.74, 6) is 3.62. The summed E-state index contributed by atoms with van der Waals surface area (Å²) in [4.78, 5) is 46.3. The van der Waals surface area contributed by atoms with Gasteiger partial charge in [0.1, 0.15) is 0 Å². The van der Waals surface area contributed by atoms with Gasteiger partial charge < -0.3 is 29.0 Å². The molecule has 0 radical (unpaired) electrons. The van der Waals surface area contributed by atoms with Crippen LogP contribution in [0.3, 0.4) is 0 Å². The molecule has 33 heavy (non-hydrogen) atoms. The quantitative estimate of drug-likeness (QED) is 0.0550. The van der Waals surface area contributed by atoms with Crippen molar-refractivity contribution >= 4 is 23.6 Å². The first-order valence-corrected chi connectivity index (χ1v) is 10.7. The zero-order chi connectivity index (χ0) is 24.2. The molecule has 0 fully saturated rings. The molecule has 1 aliphatic heterocycles. The highest BCUT2D eigenvalue weighted by atomic mass is 16.6. The van der Waals surface area contributed by atoms with Gasteiger partial charge in [0, 0.05) is 31.7 Å². The van der Waals surface area contributed by atoms with Gasteiger partial charge in [0.05, 0.1) is 72.5 Å². The Kier molecular flexibility index (Phi) is 16.5. The molecule has 13 nitrogen and oxygen atoms in total. The summed E-state index contributed by atoms with van der Waals surface area (Å²) in [6, 6.07) is 0. The molecule has 0 atom stereocenters. The molecule has 0 spiro atoms. The fraction of sp³-hybridized carbons (Fsp3) is 0.700. The smallest absolute Gasteiger partial charge is 0.253 e. The van der Waals surface area contributed by atoms with Crippen molar-refractivity contribution < 1.29 is 42.9 Å². The largest absolute Gasteiger partial charge is 0.379 e. The highest BCUT2D eigenvalue weighted by Crippen LogP contribution is 2.03. The summed E-state index contributed by atoms with van der Waals surface area (Å²) >= 11 is 0. The van der Waals surface area contributed by atoms with Crippen molar-refractivity contribution in [3.63, 3.8) is 0 Å². The monoisotopic (exact) mass is 474 g/mol. The van der Waals surface area contributed by atoms with Crippen LogP contribution in [0.1, 0.15) is 12.8 Å². The molecular formula is C20H34N4O9. The molecule has 0 aliphatic carbocycles. The van der Waals surface area contributed by atoms with E-state index in [2.05, 4.69) is 5.32 Å². The van der Waals surface area contributed by atoms with Crippen molar-refractivity contribution in [2.75, 3.05) is 79.2 Å². The number of ether oxygens (including phenoxy) is 5. The van der Waals surface area contributed by atoms with Gasteiger partial charge in [0.25, 0.3) is 11.8 Å². The van der Waals surface area contributed by atoms with E-state index in [1.807, 2.05) is 5.43 Å². The van der Waals surface area contributed by atoms with Gasteiger partial charge in [-0.3, -0.25) is 29.5 Å². The third kappa shape index (κ3) is 15.1. The van der Waals surface area contributed by atoms with E-state index in [0.29, 0.717) is 72.6 Å². The van der Waals surface area contributed by atoms with E-state index in [0.717, 1.165) is 4.90 Å². The minimum absolute atomic E-state index is 0.0520. The Morgan fingerprint density at radius 2 is 1.15 bits per heavy atom. The minimum atomic E-state index is -0.399. The van der Waals surface area contributed by atoms with Crippen LogP contribution in [-0.2, 0) is 42.9 Å². The Balaban J connectivity index is 1.75. The highest BCUT2D eigenvalue weighted by Gasteiger charge is 2.23. The van der Waals surface area contributed by atoms with Crippen molar-refractivity contribution in [3.05, 3.63) is 12.2 Å². The first-order valence-electron chi connectivity index (χ1n) is 10.7. The third-order valence-electron chi connectivity index (χ3n) is 4.15. The number of amides is 4. The molecule has 188 valence electrons. The van der Waals surface area contributed by atoms with Gasteiger partial charge in [-0.1, -0.05) is 0 Å². The molecule has 1 heterocycles. The number of nitrogens with one attached hydrogen (secondary N) is 2. The van der Waals surface area contributed by atoms with Gasteiger partial charge in [-0.05, 0) is 0 Å². The number of hydrogen-bond donors (Lipinski definition) is 3. The number of imide groups is 1. The molecule has 4 N–H and O–H groups in total. The van der Waals surface area contributed by atoms with Gasteiger partial charge in [-0.2, -0.15) is 0 Å². The van der Waals surface area contributed by atoms with Crippen LogP contribution < -0.4 is 16.6 Å². The summed E-state index contributed by atoms with van der Waals surface area (Å²) in [6.07, 6.45) is 2.64. The van der Waals surface area contributed by atoms with Gasteiger partial charge >= 0.3 is 0 Å². The summed E-state index contributed by atoms with van der Waals surface area (Å²) in [5.41, 5.74) is 2.02. The SMILES string of the molecule is NNC(=O)CCOCCOCCOCCOCCOCCNC(=O)CCN1C(=O)C=CC1=O. The molecular weight excluding hydrogens is 440 g/mol. The van der Waals surface area contributed by atoms with Crippen molar-refractivity contribution in [1.82, 2.24) is 15.6 Å². The molecule has 13 heteroatoms. The molecule has 0 bridgehead atoms. The molecule has 0 aromatic rings. The fourth-order valence-corrected chi connectivity index (χ4v) is 2.43. The van der Waals surface area contributed by atoms with Crippen LogP contribution in [0, 0.1) is 0 Å². The van der Waals surface area contributed by atoms with Gasteiger partial charge in [0.2, 0.25) is 11.8 Å². The minimum Gasteiger partial charge on any atom is -0.379 e. The molecule has 0 saturated heterocycles. The van der Waals surface area contributed by atoms with E-state index in [9.17, 15) is 19.2 Å². The number of hydrazine groups is 1. The number of rotatable bonds is 21. The van der Waals surface area contributed by atoms with E-state index >= 15 is 0 Å². The molecule has 1 rings (SSSR count). The average molecular weight is 475 g/mol. The van der Waals surface area contributed by atoms with E-state index in [-0.39, 0.29) is 31.2 Å². The molecule has 4 amide bonds. The van der Waals surface area contributed by atoms with Gasteiger partial charge in [-0.25, -0.2) is 5.84 Å². The predicted molar refractivity (Wildman–Crippen MR) is 115 cm³/mol. The Morgan fingerprint density at radius 3 is 1.64 bits per heavy atom. The Hall–Kier alpha value is -2.42. The Bertz CT molecular complexity index is 613. The maximum Gasteiger partial charge on any atom is 0.253 e. The number of hydrogen-bond acceptors (Lipinski definition) is 10. The predicted octanol–water partition coefficient (Wildman–Crippen LogP) is -2.12. The van der Waals surface area contributed by atoms with E-state index in [1.54, 1.807) is 0 Å². The second-order valence-electron chi connectivity index (χ2n) is 6.64. The van der Waals surface area contributed by atoms with Crippen LogP contribution >= 0.6 is 0 Å². The molecule has 0 aromatic carbocycles. The highest BCUT2D eigenvalue weighted by molar-refractivity contribution is 6.13. The molecule has 0 aromatic heterocycles. The topological polar surface area (TPSA) is 168 Å². The Morgan fingerprint density at radius 1 is 0.697 bits per heavy atom. The van der Waals surface area contributed by atoms with Crippen LogP contribution in [0.5, 0.6) is 0 Å². The van der Waals surface area contributed by atoms with Gasteiger partial charge in [-0.15, -0.1) is 0 Å². The van der Waals surface area contributed by atoms with Crippen LogP contribution in [0.2, 0.25) is 0 Å². The van der Waals surface area contributed by atoms with Crippen LogP contribution in [0.15, 0.2) is 12.2 Å². The fourth-order valence-electron chi connectivity index (χ4n) is 2.43. The molecule has 0 unspecified atom stereocenters. The zero-order valence-corrected chi connectivity index (χ0v) is 18.8. The second-order valence-corrected chi connectivity index (χ2v) is 6.64. The van der Waals surface area contributed by atoms with Crippen molar-refractivity contribution in [2.24, 2.45) is 5.84 Å². The van der Waals surface area contributed by atoms with Crippen LogP contribution in [0.4, 0.5) is 0 Å². The summed E-state index contributed by atoms with van der Waals surface area (Å²) in [7, 11) is 0. The van der Waals surface area contributed by atoms with Crippen LogP contribution in [-0.4, -0.2) is 108 Å². The number of carbonyl (C=O) groups excluding carboxylic acids is 4.